The molecule has 0 aliphatic heterocycles. The first-order chi connectivity index (χ1) is 10.6. The van der Waals surface area contributed by atoms with E-state index in [2.05, 4.69) is 52.1 Å². The van der Waals surface area contributed by atoms with Gasteiger partial charge >= 0.3 is 0 Å². The van der Waals surface area contributed by atoms with E-state index in [4.69, 9.17) is 5.73 Å². The third kappa shape index (κ3) is 4.71. The second-order valence-corrected chi connectivity index (χ2v) is 6.69. The first-order valence-corrected chi connectivity index (χ1v) is 8.64. The minimum Gasteiger partial charge on any atom is -0.377 e. The van der Waals surface area contributed by atoms with Crippen LogP contribution in [0.4, 0.5) is 0 Å². The molecule has 0 atom stereocenters. The number of halogens is 1. The largest absolute Gasteiger partial charge is 0.377 e. The SMILES string of the molecule is Cc1c(Br)ccc(C=NN=C(N)SCc2ccccc2)c1C. The molecule has 2 rings (SSSR count). The van der Waals surface area contributed by atoms with E-state index in [1.54, 1.807) is 6.21 Å². The molecule has 114 valence electrons. The zero-order valence-electron chi connectivity index (χ0n) is 12.6. The molecule has 0 unspecified atom stereocenters. The predicted molar refractivity (Wildman–Crippen MR) is 101 cm³/mol. The van der Waals surface area contributed by atoms with Gasteiger partial charge in [0.1, 0.15) is 0 Å². The Morgan fingerprint density at radius 2 is 1.86 bits per heavy atom. The molecule has 5 heteroatoms. The van der Waals surface area contributed by atoms with E-state index in [1.165, 1.54) is 28.5 Å². The number of hydrogen-bond acceptors (Lipinski definition) is 3. The zero-order valence-corrected chi connectivity index (χ0v) is 15.0. The summed E-state index contributed by atoms with van der Waals surface area (Å²) >= 11 is 5.00. The highest BCUT2D eigenvalue weighted by Crippen LogP contribution is 2.21. The molecule has 0 radical (unpaired) electrons. The Balaban J connectivity index is 1.97. The second-order valence-electron chi connectivity index (χ2n) is 4.84. The van der Waals surface area contributed by atoms with E-state index >= 15 is 0 Å². The summed E-state index contributed by atoms with van der Waals surface area (Å²) in [7, 11) is 0. The van der Waals surface area contributed by atoms with Crippen molar-refractivity contribution in [2.75, 3.05) is 0 Å². The van der Waals surface area contributed by atoms with Crippen molar-refractivity contribution < 1.29 is 0 Å². The normalized spacial score (nSPS) is 12.0. The number of hydrogen-bond donors (Lipinski definition) is 1. The first-order valence-electron chi connectivity index (χ1n) is 6.87. The first kappa shape index (κ1) is 16.8. The van der Waals surface area contributed by atoms with Gasteiger partial charge in [0.2, 0.25) is 0 Å². The summed E-state index contributed by atoms with van der Waals surface area (Å²) in [5.74, 6) is 0.794. The lowest BCUT2D eigenvalue weighted by atomic mass is 10.0. The Morgan fingerprint density at radius 3 is 2.59 bits per heavy atom. The van der Waals surface area contributed by atoms with Gasteiger partial charge < -0.3 is 5.73 Å². The Morgan fingerprint density at radius 1 is 1.14 bits per heavy atom. The third-order valence-electron chi connectivity index (χ3n) is 3.35. The van der Waals surface area contributed by atoms with Gasteiger partial charge in [-0.05, 0) is 42.2 Å². The van der Waals surface area contributed by atoms with Crippen LogP contribution in [-0.2, 0) is 5.75 Å². The molecule has 0 aliphatic rings. The summed E-state index contributed by atoms with van der Waals surface area (Å²) in [5.41, 5.74) is 10.5. The molecule has 0 spiro atoms. The quantitative estimate of drug-likeness (QED) is 0.480. The molecule has 0 amide bonds. The van der Waals surface area contributed by atoms with Crippen LogP contribution in [0.15, 0.2) is 57.1 Å². The van der Waals surface area contributed by atoms with Gasteiger partial charge in [0.05, 0.1) is 6.21 Å². The number of rotatable bonds is 4. The van der Waals surface area contributed by atoms with Crippen molar-refractivity contribution in [1.82, 2.24) is 0 Å². The number of nitrogens with zero attached hydrogens (tertiary/aromatic N) is 2. The fourth-order valence-electron chi connectivity index (χ4n) is 1.86. The lowest BCUT2D eigenvalue weighted by molar-refractivity contribution is 1.24. The summed E-state index contributed by atoms with van der Waals surface area (Å²) in [6.07, 6.45) is 1.74. The van der Waals surface area contributed by atoms with E-state index < -0.39 is 0 Å². The molecule has 2 aromatic carbocycles. The van der Waals surface area contributed by atoms with E-state index in [1.807, 2.05) is 30.3 Å². The van der Waals surface area contributed by atoms with Gasteiger partial charge in [0.15, 0.2) is 5.17 Å². The molecule has 0 saturated heterocycles. The van der Waals surface area contributed by atoms with E-state index in [9.17, 15) is 0 Å². The van der Waals surface area contributed by atoms with Crippen LogP contribution in [0.1, 0.15) is 22.3 Å². The zero-order chi connectivity index (χ0) is 15.9. The molecule has 2 N–H and O–H groups in total. The lowest BCUT2D eigenvalue weighted by Crippen LogP contribution is -2.06. The van der Waals surface area contributed by atoms with Crippen molar-refractivity contribution in [2.45, 2.75) is 19.6 Å². The lowest BCUT2D eigenvalue weighted by Gasteiger charge is -2.05. The van der Waals surface area contributed by atoms with Gasteiger partial charge in [0.25, 0.3) is 0 Å². The highest BCUT2D eigenvalue weighted by Gasteiger charge is 2.02. The van der Waals surface area contributed by atoms with Crippen LogP contribution in [0.25, 0.3) is 0 Å². The topological polar surface area (TPSA) is 50.7 Å². The summed E-state index contributed by atoms with van der Waals surface area (Å²) < 4.78 is 1.10. The maximum Gasteiger partial charge on any atom is 0.180 e. The maximum atomic E-state index is 5.87. The third-order valence-corrected chi connectivity index (χ3v) is 5.06. The molecule has 0 aliphatic carbocycles. The molecule has 0 saturated carbocycles. The Hall–Kier alpha value is -1.59. The molecule has 0 fully saturated rings. The molecule has 0 heterocycles. The average Bonchev–Trinajstić information content (AvgIpc) is 2.54. The van der Waals surface area contributed by atoms with Crippen molar-refractivity contribution in [3.8, 4) is 0 Å². The molecule has 0 bridgehead atoms. The Labute approximate surface area is 143 Å². The van der Waals surface area contributed by atoms with Crippen LogP contribution >= 0.6 is 27.7 Å². The van der Waals surface area contributed by atoms with E-state index in [0.717, 1.165) is 15.8 Å². The summed E-state index contributed by atoms with van der Waals surface area (Å²) in [4.78, 5) is 0. The van der Waals surface area contributed by atoms with Gasteiger partial charge in [-0.25, -0.2) is 0 Å². The van der Waals surface area contributed by atoms with Crippen LogP contribution in [0.2, 0.25) is 0 Å². The molecular weight excluding hydrogens is 358 g/mol. The van der Waals surface area contributed by atoms with Crippen LogP contribution in [0, 0.1) is 13.8 Å². The Kier molecular flexibility index (Phi) is 6.21. The fourth-order valence-corrected chi connectivity index (χ4v) is 2.90. The molecule has 22 heavy (non-hydrogen) atoms. The fraction of sp³-hybridized carbons (Fsp3) is 0.176. The summed E-state index contributed by atoms with van der Waals surface area (Å²) in [5, 5.41) is 8.59. The van der Waals surface area contributed by atoms with Gasteiger partial charge in [-0.15, -0.1) is 5.10 Å². The van der Waals surface area contributed by atoms with Crippen LogP contribution in [-0.4, -0.2) is 11.4 Å². The number of nitrogens with two attached hydrogens (primary N) is 1. The van der Waals surface area contributed by atoms with Crippen LogP contribution in [0.3, 0.4) is 0 Å². The van der Waals surface area contributed by atoms with E-state index in [0.29, 0.717) is 5.17 Å². The van der Waals surface area contributed by atoms with Gasteiger partial charge in [-0.1, -0.05) is 64.1 Å². The van der Waals surface area contributed by atoms with Crippen molar-refractivity contribution in [3.05, 3.63) is 69.2 Å². The highest BCUT2D eigenvalue weighted by atomic mass is 79.9. The molecular formula is C17H18BrN3S. The highest BCUT2D eigenvalue weighted by molar-refractivity contribution is 9.10. The van der Waals surface area contributed by atoms with Crippen molar-refractivity contribution in [1.29, 1.82) is 0 Å². The van der Waals surface area contributed by atoms with E-state index in [-0.39, 0.29) is 0 Å². The molecule has 0 aromatic heterocycles. The minimum absolute atomic E-state index is 0.464. The van der Waals surface area contributed by atoms with Crippen molar-refractivity contribution in [3.63, 3.8) is 0 Å². The Bertz CT molecular complexity index is 697. The minimum atomic E-state index is 0.464. The van der Waals surface area contributed by atoms with Crippen molar-refractivity contribution >= 4 is 39.1 Å². The summed E-state index contributed by atoms with van der Waals surface area (Å²) in [6, 6.07) is 14.2. The average molecular weight is 376 g/mol. The van der Waals surface area contributed by atoms with Gasteiger partial charge in [-0.2, -0.15) is 5.10 Å². The molecule has 3 nitrogen and oxygen atoms in total. The van der Waals surface area contributed by atoms with Crippen molar-refractivity contribution in [2.24, 2.45) is 15.9 Å². The standard InChI is InChI=1S/C17H18BrN3S/c1-12-13(2)16(18)9-8-15(12)10-20-21-17(19)22-11-14-6-4-3-5-7-14/h3-10H,11H2,1-2H3,(H2,19,21). The summed E-state index contributed by atoms with van der Waals surface area (Å²) in [6.45, 7) is 4.14. The van der Waals surface area contributed by atoms with Gasteiger partial charge in [0, 0.05) is 10.2 Å². The molecule has 2 aromatic rings. The number of thioether (sulfide) groups is 1. The number of benzene rings is 2. The second kappa shape index (κ2) is 8.15. The smallest absolute Gasteiger partial charge is 0.180 e. The number of amidine groups is 1. The van der Waals surface area contributed by atoms with Crippen LogP contribution < -0.4 is 5.73 Å². The monoisotopic (exact) mass is 375 g/mol. The van der Waals surface area contributed by atoms with Gasteiger partial charge in [-0.3, -0.25) is 0 Å². The van der Waals surface area contributed by atoms with Crippen LogP contribution in [0.5, 0.6) is 0 Å². The predicted octanol–water partition coefficient (Wildman–Crippen LogP) is 4.65. The maximum absolute atomic E-state index is 5.87.